The molecule has 1 amide bonds. The lowest BCUT2D eigenvalue weighted by Crippen LogP contribution is -2.38. The first-order valence-corrected chi connectivity index (χ1v) is 5.54. The Morgan fingerprint density at radius 2 is 1.90 bits per heavy atom. The fraction of sp³-hybridized carbons (Fsp3) is 0.417. The SMILES string of the molecule is COc1ccc(C(O)CNC(=O)C(F)(F)F)cc1OC. The highest BCUT2D eigenvalue weighted by Gasteiger charge is 2.38. The van der Waals surface area contributed by atoms with Gasteiger partial charge in [-0.2, -0.15) is 13.2 Å². The maximum Gasteiger partial charge on any atom is 0.471 e. The van der Waals surface area contributed by atoms with Crippen LogP contribution in [-0.4, -0.2) is 38.0 Å². The number of methoxy groups -OCH3 is 2. The third-order valence-corrected chi connectivity index (χ3v) is 2.51. The van der Waals surface area contributed by atoms with Gasteiger partial charge in [-0.25, -0.2) is 0 Å². The number of aliphatic hydroxyl groups excluding tert-OH is 1. The molecule has 1 rings (SSSR count). The molecular formula is C12H14F3NO4. The molecule has 1 unspecified atom stereocenters. The second-order valence-corrected chi connectivity index (χ2v) is 3.84. The summed E-state index contributed by atoms with van der Waals surface area (Å²) in [4.78, 5) is 10.6. The highest BCUT2D eigenvalue weighted by atomic mass is 19.4. The number of carbonyl (C=O) groups excluding carboxylic acids is 1. The number of hydrogen-bond acceptors (Lipinski definition) is 4. The number of halogens is 3. The molecular weight excluding hydrogens is 279 g/mol. The average Bonchev–Trinajstić information content (AvgIpc) is 2.42. The maximum atomic E-state index is 12.0. The lowest BCUT2D eigenvalue weighted by atomic mass is 10.1. The molecule has 0 aliphatic carbocycles. The highest BCUT2D eigenvalue weighted by Crippen LogP contribution is 2.29. The van der Waals surface area contributed by atoms with Crippen LogP contribution in [0.2, 0.25) is 0 Å². The van der Waals surface area contributed by atoms with Crippen molar-refractivity contribution in [2.75, 3.05) is 20.8 Å². The van der Waals surface area contributed by atoms with Crippen LogP contribution < -0.4 is 14.8 Å². The molecule has 1 atom stereocenters. The third kappa shape index (κ3) is 4.02. The van der Waals surface area contributed by atoms with Crippen LogP contribution in [0.25, 0.3) is 0 Å². The molecule has 5 nitrogen and oxygen atoms in total. The predicted octanol–water partition coefficient (Wildman–Crippen LogP) is 1.42. The first-order chi connectivity index (χ1) is 9.29. The summed E-state index contributed by atoms with van der Waals surface area (Å²) >= 11 is 0. The van der Waals surface area contributed by atoms with E-state index >= 15 is 0 Å². The molecule has 0 bridgehead atoms. The molecule has 0 aromatic heterocycles. The van der Waals surface area contributed by atoms with Crippen molar-refractivity contribution in [3.8, 4) is 11.5 Å². The van der Waals surface area contributed by atoms with Crippen LogP contribution in [0.4, 0.5) is 13.2 Å². The number of carbonyl (C=O) groups is 1. The lowest BCUT2D eigenvalue weighted by molar-refractivity contribution is -0.174. The van der Waals surface area contributed by atoms with Gasteiger partial charge in [0.25, 0.3) is 0 Å². The molecule has 0 saturated heterocycles. The van der Waals surface area contributed by atoms with Gasteiger partial charge in [-0.1, -0.05) is 6.07 Å². The second kappa shape index (κ2) is 6.47. The van der Waals surface area contributed by atoms with Crippen LogP contribution >= 0.6 is 0 Å². The van der Waals surface area contributed by atoms with Crippen molar-refractivity contribution in [3.05, 3.63) is 23.8 Å². The number of rotatable bonds is 5. The van der Waals surface area contributed by atoms with Crippen molar-refractivity contribution in [1.82, 2.24) is 5.32 Å². The zero-order valence-electron chi connectivity index (χ0n) is 10.8. The Hall–Kier alpha value is -1.96. The van der Waals surface area contributed by atoms with Gasteiger partial charge in [0.2, 0.25) is 0 Å². The van der Waals surface area contributed by atoms with Gasteiger partial charge in [0.15, 0.2) is 11.5 Å². The van der Waals surface area contributed by atoms with Gasteiger partial charge in [0, 0.05) is 6.54 Å². The summed E-state index contributed by atoms with van der Waals surface area (Å²) < 4.78 is 46.0. The first-order valence-electron chi connectivity index (χ1n) is 5.54. The van der Waals surface area contributed by atoms with E-state index in [1.165, 1.54) is 32.4 Å². The summed E-state index contributed by atoms with van der Waals surface area (Å²) in [5, 5.41) is 11.3. The maximum absolute atomic E-state index is 12.0. The topological polar surface area (TPSA) is 67.8 Å². The molecule has 0 heterocycles. The number of nitrogens with one attached hydrogen (secondary N) is 1. The molecule has 0 aliphatic rings. The minimum Gasteiger partial charge on any atom is -0.493 e. The minimum absolute atomic E-state index is 0.296. The number of aliphatic hydroxyl groups is 1. The van der Waals surface area contributed by atoms with Crippen molar-refractivity contribution in [3.63, 3.8) is 0 Å². The van der Waals surface area contributed by atoms with Crippen LogP contribution in [-0.2, 0) is 4.79 Å². The Morgan fingerprint density at radius 3 is 2.40 bits per heavy atom. The minimum atomic E-state index is -4.97. The fourth-order valence-electron chi connectivity index (χ4n) is 1.47. The van der Waals surface area contributed by atoms with Crippen molar-refractivity contribution >= 4 is 5.91 Å². The number of benzene rings is 1. The molecule has 8 heteroatoms. The average molecular weight is 293 g/mol. The molecule has 112 valence electrons. The quantitative estimate of drug-likeness (QED) is 0.861. The van der Waals surface area contributed by atoms with Crippen molar-refractivity contribution in [1.29, 1.82) is 0 Å². The molecule has 2 N–H and O–H groups in total. The summed E-state index contributed by atoms with van der Waals surface area (Å²) in [6, 6.07) is 4.39. The standard InChI is InChI=1S/C12H14F3NO4/c1-19-9-4-3-7(5-10(9)20-2)8(17)6-16-11(18)12(13,14)15/h3-5,8,17H,6H2,1-2H3,(H,16,18). The molecule has 0 aliphatic heterocycles. The van der Waals surface area contributed by atoms with Gasteiger partial charge in [-0.15, -0.1) is 0 Å². The van der Waals surface area contributed by atoms with Gasteiger partial charge in [0.1, 0.15) is 0 Å². The summed E-state index contributed by atoms with van der Waals surface area (Å²) in [6.07, 6.45) is -6.27. The number of alkyl halides is 3. The van der Waals surface area contributed by atoms with E-state index in [0.29, 0.717) is 17.1 Å². The molecule has 1 aromatic rings. The van der Waals surface area contributed by atoms with Gasteiger partial charge >= 0.3 is 12.1 Å². The summed E-state index contributed by atoms with van der Waals surface area (Å²) in [5.74, 6) is -1.36. The normalized spacial score (nSPS) is 12.7. The van der Waals surface area contributed by atoms with E-state index in [1.807, 2.05) is 0 Å². The van der Waals surface area contributed by atoms with E-state index in [2.05, 4.69) is 0 Å². The van der Waals surface area contributed by atoms with E-state index < -0.39 is 24.7 Å². The number of hydrogen-bond donors (Lipinski definition) is 2. The Morgan fingerprint density at radius 1 is 1.30 bits per heavy atom. The summed E-state index contributed by atoms with van der Waals surface area (Å²) in [5.41, 5.74) is 0.296. The van der Waals surface area contributed by atoms with E-state index in [4.69, 9.17) is 9.47 Å². The molecule has 1 aromatic carbocycles. The summed E-state index contributed by atoms with van der Waals surface area (Å²) in [7, 11) is 2.82. The Labute approximate surface area is 113 Å². The van der Waals surface area contributed by atoms with E-state index in [-0.39, 0.29) is 0 Å². The van der Waals surface area contributed by atoms with Crippen LogP contribution in [0, 0.1) is 0 Å². The second-order valence-electron chi connectivity index (χ2n) is 3.84. The molecule has 0 radical (unpaired) electrons. The monoisotopic (exact) mass is 293 g/mol. The van der Waals surface area contributed by atoms with Gasteiger partial charge in [0.05, 0.1) is 20.3 Å². The van der Waals surface area contributed by atoms with E-state index in [0.717, 1.165) is 0 Å². The van der Waals surface area contributed by atoms with Crippen molar-refractivity contribution in [2.24, 2.45) is 0 Å². The van der Waals surface area contributed by atoms with Crippen LogP contribution in [0.15, 0.2) is 18.2 Å². The number of ether oxygens (including phenoxy) is 2. The Balaban J connectivity index is 2.73. The van der Waals surface area contributed by atoms with Crippen molar-refractivity contribution in [2.45, 2.75) is 12.3 Å². The van der Waals surface area contributed by atoms with Crippen LogP contribution in [0.1, 0.15) is 11.7 Å². The first kappa shape index (κ1) is 16.1. The molecule has 0 spiro atoms. The van der Waals surface area contributed by atoms with E-state index in [1.54, 1.807) is 5.32 Å². The van der Waals surface area contributed by atoms with Crippen LogP contribution in [0.5, 0.6) is 11.5 Å². The Kier molecular flexibility index (Phi) is 5.20. The van der Waals surface area contributed by atoms with Crippen molar-refractivity contribution < 1.29 is 32.5 Å². The highest BCUT2D eigenvalue weighted by molar-refractivity contribution is 5.81. The third-order valence-electron chi connectivity index (χ3n) is 2.51. The van der Waals surface area contributed by atoms with Gasteiger partial charge in [-0.3, -0.25) is 4.79 Å². The smallest absolute Gasteiger partial charge is 0.471 e. The largest absolute Gasteiger partial charge is 0.493 e. The molecule has 0 fully saturated rings. The van der Waals surface area contributed by atoms with Crippen LogP contribution in [0.3, 0.4) is 0 Å². The predicted molar refractivity (Wildman–Crippen MR) is 63.6 cm³/mol. The van der Waals surface area contributed by atoms with Gasteiger partial charge < -0.3 is 19.9 Å². The lowest BCUT2D eigenvalue weighted by Gasteiger charge is -2.15. The molecule has 0 saturated carbocycles. The zero-order chi connectivity index (χ0) is 15.3. The van der Waals surface area contributed by atoms with Gasteiger partial charge in [-0.05, 0) is 17.7 Å². The van der Waals surface area contributed by atoms with E-state index in [9.17, 15) is 23.1 Å². The molecule has 20 heavy (non-hydrogen) atoms. The summed E-state index contributed by atoms with van der Waals surface area (Å²) in [6.45, 7) is -0.562. The number of amides is 1. The zero-order valence-corrected chi connectivity index (χ0v) is 10.8. The Bertz CT molecular complexity index is 476. The fourth-order valence-corrected chi connectivity index (χ4v) is 1.47.